The molecule has 6 nitrogen and oxygen atoms in total. The number of carbonyl (C=O) groups is 1. The molecule has 1 heterocycles. The third kappa shape index (κ3) is 4.14. The molecule has 1 fully saturated rings. The van der Waals surface area contributed by atoms with Crippen molar-refractivity contribution in [3.63, 3.8) is 0 Å². The smallest absolute Gasteiger partial charge is 0.387 e. The molecule has 8 heteroatoms. The third-order valence-electron chi connectivity index (χ3n) is 4.02. The van der Waals surface area contributed by atoms with Gasteiger partial charge in [-0.3, -0.25) is 4.79 Å². The van der Waals surface area contributed by atoms with Crippen LogP contribution in [0, 0.1) is 0 Å². The molecule has 1 atom stereocenters. The van der Waals surface area contributed by atoms with Crippen molar-refractivity contribution < 1.29 is 18.3 Å². The molecule has 1 unspecified atom stereocenters. The summed E-state index contributed by atoms with van der Waals surface area (Å²) in [5, 5.41) is 2.67. The fourth-order valence-corrected chi connectivity index (χ4v) is 2.71. The maximum Gasteiger partial charge on any atom is 0.387 e. The number of benzene rings is 1. The Hall–Kier alpha value is -2.35. The first kappa shape index (κ1) is 18.0. The van der Waals surface area contributed by atoms with Crippen molar-refractivity contribution in [2.75, 3.05) is 43.1 Å². The monoisotopic (exact) mass is 340 g/mol. The van der Waals surface area contributed by atoms with Crippen LogP contribution in [0.4, 0.5) is 25.8 Å². The summed E-state index contributed by atoms with van der Waals surface area (Å²) in [5.41, 5.74) is 6.84. The summed E-state index contributed by atoms with van der Waals surface area (Å²) in [7, 11) is 3.98. The van der Waals surface area contributed by atoms with E-state index in [2.05, 4.69) is 21.5 Å². The molecule has 0 spiro atoms. The van der Waals surface area contributed by atoms with Crippen LogP contribution >= 0.6 is 0 Å². The highest BCUT2D eigenvalue weighted by Crippen LogP contribution is 2.38. The maximum absolute atomic E-state index is 12.6. The fourth-order valence-electron chi connectivity index (χ4n) is 2.71. The van der Waals surface area contributed by atoms with Gasteiger partial charge in [0.05, 0.1) is 17.1 Å². The Bertz CT molecular complexity index is 622. The number of alkyl halides is 2. The molecule has 0 radical (unpaired) electrons. The number of carbonyl (C=O) groups excluding carboxylic acids is 1. The topological polar surface area (TPSA) is 70.8 Å². The van der Waals surface area contributed by atoms with E-state index in [4.69, 9.17) is 5.73 Å². The van der Waals surface area contributed by atoms with Gasteiger partial charge in [-0.2, -0.15) is 8.78 Å². The molecule has 0 bridgehead atoms. The van der Waals surface area contributed by atoms with Crippen molar-refractivity contribution in [1.82, 2.24) is 4.90 Å². The highest BCUT2D eigenvalue weighted by molar-refractivity contribution is 6.02. The van der Waals surface area contributed by atoms with Crippen LogP contribution in [0.2, 0.25) is 0 Å². The summed E-state index contributed by atoms with van der Waals surface area (Å²) in [4.78, 5) is 15.8. The Balaban J connectivity index is 2.37. The Morgan fingerprint density at radius 2 is 2.25 bits per heavy atom. The number of rotatable bonds is 6. The molecule has 1 aliphatic heterocycles. The Kier molecular flexibility index (Phi) is 5.61. The zero-order chi connectivity index (χ0) is 17.9. The van der Waals surface area contributed by atoms with Gasteiger partial charge in [0.25, 0.3) is 0 Å². The van der Waals surface area contributed by atoms with Crippen molar-refractivity contribution in [3.05, 3.63) is 24.8 Å². The quantitative estimate of drug-likeness (QED) is 0.613. The molecule has 1 amide bonds. The van der Waals surface area contributed by atoms with Gasteiger partial charge >= 0.3 is 6.61 Å². The van der Waals surface area contributed by atoms with Gasteiger partial charge in [0.15, 0.2) is 5.75 Å². The SMILES string of the molecule is C=CC(=O)Nc1cc(N)c(OC(F)F)cc1N1CCC(N(C)C)C1. The highest BCUT2D eigenvalue weighted by atomic mass is 19.3. The van der Waals surface area contributed by atoms with Crippen molar-refractivity contribution >= 4 is 23.0 Å². The lowest BCUT2D eigenvalue weighted by atomic mass is 10.2. The number of halogens is 2. The van der Waals surface area contributed by atoms with E-state index in [0.717, 1.165) is 19.0 Å². The molecule has 3 N–H and O–H groups in total. The van der Waals surface area contributed by atoms with E-state index in [0.29, 0.717) is 24.0 Å². The van der Waals surface area contributed by atoms with E-state index < -0.39 is 12.5 Å². The largest absolute Gasteiger partial charge is 0.433 e. The predicted molar refractivity (Wildman–Crippen MR) is 90.6 cm³/mol. The summed E-state index contributed by atoms with van der Waals surface area (Å²) in [6.07, 6.45) is 2.06. The number of nitrogens with zero attached hydrogens (tertiary/aromatic N) is 2. The summed E-state index contributed by atoms with van der Waals surface area (Å²) < 4.78 is 29.6. The molecule has 0 aromatic heterocycles. The van der Waals surface area contributed by atoms with Crippen LogP contribution in [0.3, 0.4) is 0 Å². The zero-order valence-corrected chi connectivity index (χ0v) is 13.8. The first-order valence-electron chi connectivity index (χ1n) is 7.55. The van der Waals surface area contributed by atoms with E-state index in [1.165, 1.54) is 12.1 Å². The molecule has 1 aliphatic rings. The number of hydrogen-bond donors (Lipinski definition) is 2. The minimum Gasteiger partial charge on any atom is -0.433 e. The van der Waals surface area contributed by atoms with Crippen molar-refractivity contribution in [2.24, 2.45) is 0 Å². The molecule has 0 saturated carbocycles. The summed E-state index contributed by atoms with van der Waals surface area (Å²) >= 11 is 0. The van der Waals surface area contributed by atoms with Gasteiger partial charge in [-0.1, -0.05) is 6.58 Å². The number of anilines is 3. The van der Waals surface area contributed by atoms with Crippen LogP contribution < -0.4 is 20.7 Å². The number of amides is 1. The third-order valence-corrected chi connectivity index (χ3v) is 4.02. The van der Waals surface area contributed by atoms with Gasteiger partial charge < -0.3 is 25.6 Å². The minimum absolute atomic E-state index is 0.0294. The fraction of sp³-hybridized carbons (Fsp3) is 0.438. The van der Waals surface area contributed by atoms with Crippen LogP contribution in [0.1, 0.15) is 6.42 Å². The van der Waals surface area contributed by atoms with E-state index in [1.807, 2.05) is 19.0 Å². The molecule has 1 aromatic rings. The number of nitrogen functional groups attached to an aromatic ring is 1. The average Bonchev–Trinajstić information content (AvgIpc) is 2.99. The first-order valence-corrected chi connectivity index (χ1v) is 7.55. The molecular formula is C16H22F2N4O2. The first-order chi connectivity index (χ1) is 11.3. The number of nitrogens with one attached hydrogen (secondary N) is 1. The Labute approximate surface area is 139 Å². The van der Waals surface area contributed by atoms with Gasteiger partial charge in [0.2, 0.25) is 5.91 Å². The van der Waals surface area contributed by atoms with Crippen molar-refractivity contribution in [3.8, 4) is 5.75 Å². The van der Waals surface area contributed by atoms with Crippen LogP contribution in [0.5, 0.6) is 5.75 Å². The van der Waals surface area contributed by atoms with Crippen molar-refractivity contribution in [2.45, 2.75) is 19.1 Å². The van der Waals surface area contributed by atoms with Gasteiger partial charge in [-0.25, -0.2) is 0 Å². The molecule has 0 aliphatic carbocycles. The second-order valence-corrected chi connectivity index (χ2v) is 5.83. The van der Waals surface area contributed by atoms with Gasteiger partial charge in [-0.15, -0.1) is 0 Å². The highest BCUT2D eigenvalue weighted by Gasteiger charge is 2.27. The molecule has 1 aromatic carbocycles. The average molecular weight is 340 g/mol. The number of likely N-dealkylation sites (N-methyl/N-ethyl adjacent to an activating group) is 1. The van der Waals surface area contributed by atoms with E-state index in [1.54, 1.807) is 0 Å². The van der Waals surface area contributed by atoms with E-state index in [9.17, 15) is 13.6 Å². The second kappa shape index (κ2) is 7.48. The lowest BCUT2D eigenvalue weighted by Crippen LogP contribution is -2.31. The lowest BCUT2D eigenvalue weighted by molar-refractivity contribution is -0.111. The summed E-state index contributed by atoms with van der Waals surface area (Å²) in [6.45, 7) is 1.88. The molecule has 132 valence electrons. The standard InChI is InChI=1S/C16H22F2N4O2/c1-4-15(23)20-12-7-11(19)14(24-16(17)18)8-13(12)22-6-5-10(9-22)21(2)3/h4,7-8,10,16H,1,5-6,9,19H2,2-3H3,(H,20,23). The number of nitrogens with two attached hydrogens (primary N) is 1. The van der Waals surface area contributed by atoms with Crippen LogP contribution in [0.15, 0.2) is 24.8 Å². The molecule has 1 saturated heterocycles. The minimum atomic E-state index is -2.97. The molecule has 2 rings (SSSR count). The van der Waals surface area contributed by atoms with Gasteiger partial charge in [0, 0.05) is 25.2 Å². The number of hydrogen-bond acceptors (Lipinski definition) is 5. The molecule has 24 heavy (non-hydrogen) atoms. The Morgan fingerprint density at radius 3 is 2.79 bits per heavy atom. The molecular weight excluding hydrogens is 318 g/mol. The number of ether oxygens (including phenoxy) is 1. The Morgan fingerprint density at radius 1 is 1.54 bits per heavy atom. The predicted octanol–water partition coefficient (Wildman–Crippen LogP) is 2.13. The van der Waals surface area contributed by atoms with Crippen molar-refractivity contribution in [1.29, 1.82) is 0 Å². The van der Waals surface area contributed by atoms with Crippen LogP contribution in [0.25, 0.3) is 0 Å². The zero-order valence-electron chi connectivity index (χ0n) is 13.8. The normalized spacial score (nSPS) is 17.4. The van der Waals surface area contributed by atoms with E-state index in [-0.39, 0.29) is 11.4 Å². The van der Waals surface area contributed by atoms with Crippen LogP contribution in [-0.4, -0.2) is 50.6 Å². The summed E-state index contributed by atoms with van der Waals surface area (Å²) in [6, 6.07) is 3.21. The summed E-state index contributed by atoms with van der Waals surface area (Å²) in [5.74, 6) is -0.508. The van der Waals surface area contributed by atoms with Crippen LogP contribution in [-0.2, 0) is 4.79 Å². The second-order valence-electron chi connectivity index (χ2n) is 5.83. The lowest BCUT2D eigenvalue weighted by Gasteiger charge is -2.25. The maximum atomic E-state index is 12.6. The van der Waals surface area contributed by atoms with Gasteiger partial charge in [0.1, 0.15) is 0 Å². The van der Waals surface area contributed by atoms with Gasteiger partial charge in [-0.05, 0) is 32.7 Å². The van der Waals surface area contributed by atoms with E-state index >= 15 is 0 Å².